The predicted molar refractivity (Wildman–Crippen MR) is 113 cm³/mol. The third kappa shape index (κ3) is 4.25. The minimum absolute atomic E-state index is 0.0218. The van der Waals surface area contributed by atoms with Gasteiger partial charge in [0.2, 0.25) is 0 Å². The van der Waals surface area contributed by atoms with Gasteiger partial charge < -0.3 is 14.6 Å². The number of pyridine rings is 2. The first-order valence-electron chi connectivity index (χ1n) is 10.1. The van der Waals surface area contributed by atoms with Crippen LogP contribution in [0, 0.1) is 0 Å². The molecule has 3 heterocycles. The lowest BCUT2D eigenvalue weighted by Gasteiger charge is -2.21. The Morgan fingerprint density at radius 2 is 2.03 bits per heavy atom. The van der Waals surface area contributed by atoms with Crippen molar-refractivity contribution in [2.24, 2.45) is 0 Å². The van der Waals surface area contributed by atoms with Gasteiger partial charge in [-0.1, -0.05) is 12.1 Å². The highest BCUT2D eigenvalue weighted by Gasteiger charge is 2.27. The molecule has 0 radical (unpaired) electrons. The number of nitrogens with zero attached hydrogens (tertiary/aromatic N) is 3. The Bertz CT molecular complexity index is 1050. The number of carbonyl (C=O) groups is 2. The molecule has 154 valence electrons. The number of likely N-dealkylation sites (N-methyl/N-ethyl adjacent to an activating group) is 1. The van der Waals surface area contributed by atoms with Crippen LogP contribution in [-0.2, 0) is 19.4 Å². The zero-order valence-electron chi connectivity index (χ0n) is 16.9. The van der Waals surface area contributed by atoms with Crippen LogP contribution in [0.1, 0.15) is 50.6 Å². The molecule has 30 heavy (non-hydrogen) atoms. The number of Topliss-reactive ketones (excluding diaryl/α,β-unsaturated/α-hetero) is 1. The standard InChI is InChI=1S/C23H24N4O3/c1-27(13-10-17-7-2-3-11-24-17)22-16(6-5-12-25-22)14-26-23(29)18-15-30-20-9-4-8-19(28)21(18)20/h2-3,5-7,11-12,15H,4,8-10,13-14H2,1H3,(H,26,29). The van der Waals surface area contributed by atoms with Crippen molar-refractivity contribution in [3.05, 3.63) is 77.1 Å². The van der Waals surface area contributed by atoms with Crippen molar-refractivity contribution in [2.45, 2.75) is 32.2 Å². The van der Waals surface area contributed by atoms with E-state index in [1.54, 1.807) is 12.4 Å². The molecule has 0 saturated heterocycles. The first-order chi connectivity index (χ1) is 14.6. The SMILES string of the molecule is CN(CCc1ccccn1)c1ncccc1CNC(=O)c1coc2c1C(=O)CCC2. The number of nitrogens with one attached hydrogen (secondary N) is 1. The molecule has 1 aliphatic rings. The van der Waals surface area contributed by atoms with E-state index in [0.717, 1.165) is 36.5 Å². The molecular weight excluding hydrogens is 380 g/mol. The third-order valence-electron chi connectivity index (χ3n) is 5.30. The molecular formula is C23H24N4O3. The van der Waals surface area contributed by atoms with Crippen LogP contribution in [0.2, 0.25) is 0 Å². The van der Waals surface area contributed by atoms with Gasteiger partial charge in [-0.25, -0.2) is 4.98 Å². The molecule has 0 aromatic carbocycles. The summed E-state index contributed by atoms with van der Waals surface area (Å²) >= 11 is 0. The normalized spacial score (nSPS) is 13.0. The van der Waals surface area contributed by atoms with Crippen molar-refractivity contribution < 1.29 is 14.0 Å². The molecule has 0 aliphatic heterocycles. The smallest absolute Gasteiger partial charge is 0.255 e. The maximum Gasteiger partial charge on any atom is 0.255 e. The summed E-state index contributed by atoms with van der Waals surface area (Å²) in [6.45, 7) is 1.06. The summed E-state index contributed by atoms with van der Waals surface area (Å²) in [5.74, 6) is 1.10. The average Bonchev–Trinajstić information content (AvgIpc) is 3.22. The fourth-order valence-electron chi connectivity index (χ4n) is 3.71. The van der Waals surface area contributed by atoms with E-state index in [1.165, 1.54) is 6.26 Å². The van der Waals surface area contributed by atoms with Crippen LogP contribution in [0.25, 0.3) is 0 Å². The molecule has 1 amide bonds. The molecule has 7 heteroatoms. The fourth-order valence-corrected chi connectivity index (χ4v) is 3.71. The van der Waals surface area contributed by atoms with E-state index in [9.17, 15) is 9.59 Å². The maximum absolute atomic E-state index is 12.7. The second-order valence-electron chi connectivity index (χ2n) is 7.39. The summed E-state index contributed by atoms with van der Waals surface area (Å²) in [5.41, 5.74) is 2.68. The highest BCUT2D eigenvalue weighted by atomic mass is 16.3. The second-order valence-corrected chi connectivity index (χ2v) is 7.39. The van der Waals surface area contributed by atoms with Gasteiger partial charge in [0.15, 0.2) is 5.78 Å². The van der Waals surface area contributed by atoms with Gasteiger partial charge >= 0.3 is 0 Å². The molecule has 4 rings (SSSR count). The average molecular weight is 404 g/mol. The van der Waals surface area contributed by atoms with Crippen molar-refractivity contribution in [3.8, 4) is 0 Å². The quantitative estimate of drug-likeness (QED) is 0.651. The van der Waals surface area contributed by atoms with E-state index in [1.807, 2.05) is 37.4 Å². The van der Waals surface area contributed by atoms with Crippen LogP contribution in [0.5, 0.6) is 0 Å². The van der Waals surface area contributed by atoms with Crippen LogP contribution in [-0.4, -0.2) is 35.3 Å². The summed E-state index contributed by atoms with van der Waals surface area (Å²) in [6, 6.07) is 9.66. The van der Waals surface area contributed by atoms with Crippen LogP contribution in [0.3, 0.4) is 0 Å². The number of aryl methyl sites for hydroxylation is 1. The lowest BCUT2D eigenvalue weighted by molar-refractivity contribution is 0.0926. The summed E-state index contributed by atoms with van der Waals surface area (Å²) in [7, 11) is 1.97. The Morgan fingerprint density at radius 1 is 1.17 bits per heavy atom. The van der Waals surface area contributed by atoms with Crippen molar-refractivity contribution in [2.75, 3.05) is 18.5 Å². The van der Waals surface area contributed by atoms with E-state index in [0.29, 0.717) is 36.3 Å². The lowest BCUT2D eigenvalue weighted by atomic mass is 9.94. The highest BCUT2D eigenvalue weighted by Crippen LogP contribution is 2.26. The number of hydrogen-bond acceptors (Lipinski definition) is 6. The third-order valence-corrected chi connectivity index (χ3v) is 5.30. The molecule has 1 aliphatic carbocycles. The van der Waals surface area contributed by atoms with Gasteiger partial charge in [-0.15, -0.1) is 0 Å². The van der Waals surface area contributed by atoms with E-state index in [-0.39, 0.29) is 11.7 Å². The predicted octanol–water partition coefficient (Wildman–Crippen LogP) is 3.20. The van der Waals surface area contributed by atoms with E-state index >= 15 is 0 Å². The first-order valence-corrected chi connectivity index (χ1v) is 10.1. The second kappa shape index (κ2) is 8.90. The molecule has 3 aromatic rings. The molecule has 0 spiro atoms. The van der Waals surface area contributed by atoms with Crippen molar-refractivity contribution >= 4 is 17.5 Å². The first kappa shape index (κ1) is 19.8. The summed E-state index contributed by atoms with van der Waals surface area (Å²) in [4.78, 5) is 35.8. The lowest BCUT2D eigenvalue weighted by Crippen LogP contribution is -2.28. The molecule has 0 fully saturated rings. The van der Waals surface area contributed by atoms with Gasteiger partial charge in [-0.05, 0) is 24.6 Å². The van der Waals surface area contributed by atoms with E-state index < -0.39 is 0 Å². The van der Waals surface area contributed by atoms with E-state index in [2.05, 4.69) is 20.2 Å². The molecule has 3 aromatic heterocycles. The van der Waals surface area contributed by atoms with Gasteiger partial charge in [0.1, 0.15) is 17.8 Å². The number of anilines is 1. The number of ketones is 1. The fraction of sp³-hybridized carbons (Fsp3) is 0.304. The number of carbonyl (C=O) groups excluding carboxylic acids is 2. The zero-order valence-corrected chi connectivity index (χ0v) is 16.9. The van der Waals surface area contributed by atoms with Crippen LogP contribution in [0.4, 0.5) is 5.82 Å². The Hall–Kier alpha value is -3.48. The van der Waals surface area contributed by atoms with Gasteiger partial charge in [0.25, 0.3) is 5.91 Å². The van der Waals surface area contributed by atoms with Crippen LogP contribution >= 0.6 is 0 Å². The van der Waals surface area contributed by atoms with Gasteiger partial charge in [-0.2, -0.15) is 0 Å². The molecule has 0 atom stereocenters. The Labute approximate surface area is 175 Å². The molecule has 7 nitrogen and oxygen atoms in total. The minimum Gasteiger partial charge on any atom is -0.468 e. The number of aromatic nitrogens is 2. The topological polar surface area (TPSA) is 88.3 Å². The van der Waals surface area contributed by atoms with Crippen LogP contribution < -0.4 is 10.2 Å². The summed E-state index contributed by atoms with van der Waals surface area (Å²) < 4.78 is 5.46. The largest absolute Gasteiger partial charge is 0.468 e. The Morgan fingerprint density at radius 3 is 2.87 bits per heavy atom. The summed E-state index contributed by atoms with van der Waals surface area (Å²) in [5, 5.41) is 2.91. The molecule has 0 unspecified atom stereocenters. The number of hydrogen-bond donors (Lipinski definition) is 1. The van der Waals surface area contributed by atoms with Crippen molar-refractivity contribution in [3.63, 3.8) is 0 Å². The number of amides is 1. The monoisotopic (exact) mass is 404 g/mol. The van der Waals surface area contributed by atoms with Gasteiger partial charge in [0.05, 0.1) is 11.1 Å². The summed E-state index contributed by atoms with van der Waals surface area (Å²) in [6.07, 6.45) is 7.64. The number of rotatable bonds is 7. The minimum atomic E-state index is -0.304. The Kier molecular flexibility index (Phi) is 5.88. The van der Waals surface area contributed by atoms with Gasteiger partial charge in [0, 0.05) is 63.1 Å². The van der Waals surface area contributed by atoms with Gasteiger partial charge in [-0.3, -0.25) is 14.6 Å². The molecule has 0 saturated carbocycles. The highest BCUT2D eigenvalue weighted by molar-refractivity contribution is 6.09. The molecule has 0 bridgehead atoms. The van der Waals surface area contributed by atoms with E-state index in [4.69, 9.17) is 4.42 Å². The maximum atomic E-state index is 12.7. The number of furan rings is 1. The Balaban J connectivity index is 1.42. The zero-order chi connectivity index (χ0) is 20.9. The van der Waals surface area contributed by atoms with Crippen molar-refractivity contribution in [1.82, 2.24) is 15.3 Å². The number of fused-ring (bicyclic) bond motifs is 1. The van der Waals surface area contributed by atoms with Crippen LogP contribution in [0.15, 0.2) is 53.4 Å². The molecule has 1 N–H and O–H groups in total. The van der Waals surface area contributed by atoms with Crippen molar-refractivity contribution in [1.29, 1.82) is 0 Å².